The zero-order chi connectivity index (χ0) is 19.1. The molecular weight excluding hydrogens is 366 g/mol. The van der Waals surface area contributed by atoms with Crippen LogP contribution in [0, 0.1) is 6.92 Å². The Hall–Kier alpha value is -2.19. The third kappa shape index (κ3) is 5.67. The molecule has 0 saturated carbocycles. The first-order valence-corrected chi connectivity index (χ1v) is 9.75. The molecule has 0 saturated heterocycles. The quantitative estimate of drug-likeness (QED) is 0.448. The Balaban J connectivity index is 1.93. The SMILES string of the molecule is CCSc1nnc(C)n1NC(=S)NC(=O)C=Cc1ccc(C(C)C)cc1. The van der Waals surface area contributed by atoms with Gasteiger partial charge in [-0.25, -0.2) is 4.68 Å². The molecule has 138 valence electrons. The molecule has 6 nitrogen and oxygen atoms in total. The minimum absolute atomic E-state index is 0.190. The largest absolute Gasteiger partial charge is 0.298 e. The van der Waals surface area contributed by atoms with Gasteiger partial charge in [0.15, 0.2) is 5.11 Å². The first kappa shape index (κ1) is 20.1. The van der Waals surface area contributed by atoms with Crippen molar-refractivity contribution in [1.29, 1.82) is 0 Å². The second-order valence-corrected chi connectivity index (χ2v) is 7.52. The van der Waals surface area contributed by atoms with E-state index in [1.54, 1.807) is 10.8 Å². The van der Waals surface area contributed by atoms with Gasteiger partial charge in [-0.15, -0.1) is 10.2 Å². The lowest BCUT2D eigenvalue weighted by atomic mass is 10.0. The molecule has 0 spiro atoms. The molecule has 0 bridgehead atoms. The number of thiocarbonyl (C=S) groups is 1. The monoisotopic (exact) mass is 389 g/mol. The van der Waals surface area contributed by atoms with E-state index in [1.807, 2.05) is 26.0 Å². The number of benzene rings is 1. The molecule has 2 aromatic rings. The molecule has 0 aliphatic rings. The molecule has 1 amide bonds. The van der Waals surface area contributed by atoms with Crippen LogP contribution in [0.5, 0.6) is 0 Å². The Bertz CT molecular complexity index is 796. The molecule has 0 atom stereocenters. The predicted molar refractivity (Wildman–Crippen MR) is 111 cm³/mol. The highest BCUT2D eigenvalue weighted by molar-refractivity contribution is 7.99. The Morgan fingerprint density at radius 3 is 2.62 bits per heavy atom. The van der Waals surface area contributed by atoms with E-state index in [1.165, 1.54) is 23.4 Å². The molecule has 2 N–H and O–H groups in total. The summed E-state index contributed by atoms with van der Waals surface area (Å²) in [4.78, 5) is 12.1. The minimum Gasteiger partial charge on any atom is -0.298 e. The van der Waals surface area contributed by atoms with Crippen molar-refractivity contribution in [2.24, 2.45) is 0 Å². The number of thioether (sulfide) groups is 1. The number of carbonyl (C=O) groups excluding carboxylic acids is 1. The number of aromatic nitrogens is 3. The van der Waals surface area contributed by atoms with Gasteiger partial charge in [-0.3, -0.25) is 15.5 Å². The summed E-state index contributed by atoms with van der Waals surface area (Å²) in [5.41, 5.74) is 5.15. The topological polar surface area (TPSA) is 71.8 Å². The zero-order valence-corrected chi connectivity index (χ0v) is 16.9. The lowest BCUT2D eigenvalue weighted by Gasteiger charge is -2.11. The number of nitrogens with zero attached hydrogens (tertiary/aromatic N) is 3. The maximum absolute atomic E-state index is 12.1. The normalized spacial score (nSPS) is 11.1. The van der Waals surface area contributed by atoms with Crippen molar-refractivity contribution in [3.63, 3.8) is 0 Å². The molecule has 2 rings (SSSR count). The van der Waals surface area contributed by atoms with Crippen molar-refractivity contribution in [3.8, 4) is 0 Å². The van der Waals surface area contributed by atoms with E-state index in [0.717, 1.165) is 11.3 Å². The summed E-state index contributed by atoms with van der Waals surface area (Å²) in [7, 11) is 0. The Morgan fingerprint density at radius 2 is 2.00 bits per heavy atom. The van der Waals surface area contributed by atoms with Crippen molar-refractivity contribution in [3.05, 3.63) is 47.3 Å². The number of amides is 1. The van der Waals surface area contributed by atoms with Crippen LogP contribution in [0.3, 0.4) is 0 Å². The van der Waals surface area contributed by atoms with Gasteiger partial charge in [0.25, 0.3) is 0 Å². The molecule has 0 aliphatic carbocycles. The van der Waals surface area contributed by atoms with E-state index in [9.17, 15) is 4.79 Å². The maximum atomic E-state index is 12.1. The van der Waals surface area contributed by atoms with E-state index in [2.05, 4.69) is 46.9 Å². The summed E-state index contributed by atoms with van der Waals surface area (Å²) >= 11 is 6.73. The Morgan fingerprint density at radius 1 is 1.31 bits per heavy atom. The number of aryl methyl sites for hydroxylation is 1. The van der Waals surface area contributed by atoms with Crippen LogP contribution in [0.2, 0.25) is 0 Å². The summed E-state index contributed by atoms with van der Waals surface area (Å²) < 4.78 is 1.66. The molecular formula is C18H23N5OS2. The van der Waals surface area contributed by atoms with Crippen molar-refractivity contribution < 1.29 is 4.79 Å². The number of hydrogen-bond acceptors (Lipinski definition) is 5. The van der Waals surface area contributed by atoms with Gasteiger partial charge >= 0.3 is 0 Å². The third-order valence-corrected chi connectivity index (χ3v) is 4.55. The van der Waals surface area contributed by atoms with Gasteiger partial charge in [-0.05, 0) is 48.0 Å². The van der Waals surface area contributed by atoms with Crippen LogP contribution in [0.1, 0.15) is 43.6 Å². The number of nitrogens with one attached hydrogen (secondary N) is 2. The molecule has 1 heterocycles. The fourth-order valence-corrected chi connectivity index (χ4v) is 3.00. The van der Waals surface area contributed by atoms with Crippen LogP contribution in [0.25, 0.3) is 6.08 Å². The summed E-state index contributed by atoms with van der Waals surface area (Å²) in [5, 5.41) is 11.6. The summed E-state index contributed by atoms with van der Waals surface area (Å²) in [6.07, 6.45) is 3.21. The van der Waals surface area contributed by atoms with E-state index < -0.39 is 0 Å². The van der Waals surface area contributed by atoms with Gasteiger partial charge in [0.1, 0.15) is 5.82 Å². The highest BCUT2D eigenvalue weighted by Gasteiger charge is 2.10. The molecule has 1 aromatic carbocycles. The van der Waals surface area contributed by atoms with Crippen LogP contribution in [-0.2, 0) is 4.79 Å². The van der Waals surface area contributed by atoms with Gasteiger partial charge in [0.2, 0.25) is 11.1 Å². The van der Waals surface area contributed by atoms with Crippen molar-refractivity contribution in [2.75, 3.05) is 11.2 Å². The van der Waals surface area contributed by atoms with Crippen molar-refractivity contribution in [2.45, 2.75) is 38.8 Å². The highest BCUT2D eigenvalue weighted by Crippen LogP contribution is 2.15. The van der Waals surface area contributed by atoms with E-state index in [-0.39, 0.29) is 11.0 Å². The predicted octanol–water partition coefficient (Wildman–Crippen LogP) is 3.48. The molecule has 0 unspecified atom stereocenters. The average molecular weight is 390 g/mol. The number of rotatable bonds is 6. The Kier molecular flexibility index (Phi) is 7.35. The lowest BCUT2D eigenvalue weighted by Crippen LogP contribution is -2.37. The Labute approximate surface area is 163 Å². The minimum atomic E-state index is -0.300. The standard InChI is InChI=1S/C18H23N5OS2/c1-5-26-18-21-20-13(4)23(18)22-17(25)19-16(24)11-8-14-6-9-15(10-7-14)12(2)3/h6-12H,5H2,1-4H3,(H2,19,22,24,25). The van der Waals surface area contributed by atoms with E-state index in [0.29, 0.717) is 16.9 Å². The van der Waals surface area contributed by atoms with Gasteiger partial charge in [0.05, 0.1) is 0 Å². The summed E-state index contributed by atoms with van der Waals surface area (Å²) in [6.45, 7) is 8.13. The van der Waals surface area contributed by atoms with Gasteiger partial charge in [-0.1, -0.05) is 56.8 Å². The third-order valence-electron chi connectivity index (χ3n) is 3.55. The van der Waals surface area contributed by atoms with Crippen molar-refractivity contribution in [1.82, 2.24) is 20.2 Å². The van der Waals surface area contributed by atoms with E-state index in [4.69, 9.17) is 12.2 Å². The van der Waals surface area contributed by atoms with Crippen LogP contribution >= 0.6 is 24.0 Å². The molecule has 0 radical (unpaired) electrons. The fourth-order valence-electron chi connectivity index (χ4n) is 2.14. The molecule has 26 heavy (non-hydrogen) atoms. The summed E-state index contributed by atoms with van der Waals surface area (Å²) in [6, 6.07) is 8.11. The van der Waals surface area contributed by atoms with Crippen LogP contribution < -0.4 is 10.7 Å². The van der Waals surface area contributed by atoms with Crippen LogP contribution in [0.4, 0.5) is 0 Å². The second kappa shape index (κ2) is 9.49. The highest BCUT2D eigenvalue weighted by atomic mass is 32.2. The van der Waals surface area contributed by atoms with Crippen molar-refractivity contribution >= 4 is 41.1 Å². The number of hydrogen-bond donors (Lipinski definition) is 2. The summed E-state index contributed by atoms with van der Waals surface area (Å²) in [5.74, 6) is 1.71. The fraction of sp³-hybridized carbons (Fsp3) is 0.333. The van der Waals surface area contributed by atoms with Crippen LogP contribution in [0.15, 0.2) is 35.5 Å². The molecule has 0 fully saturated rings. The molecule has 8 heteroatoms. The van der Waals surface area contributed by atoms with Crippen LogP contribution in [-0.4, -0.2) is 31.6 Å². The molecule has 0 aliphatic heterocycles. The lowest BCUT2D eigenvalue weighted by molar-refractivity contribution is -0.115. The average Bonchev–Trinajstić information content (AvgIpc) is 2.94. The first-order valence-electron chi connectivity index (χ1n) is 8.35. The number of carbonyl (C=O) groups is 1. The second-order valence-electron chi connectivity index (χ2n) is 5.88. The van der Waals surface area contributed by atoms with Gasteiger partial charge in [-0.2, -0.15) is 0 Å². The first-order chi connectivity index (χ1) is 12.4. The van der Waals surface area contributed by atoms with Gasteiger partial charge < -0.3 is 0 Å². The van der Waals surface area contributed by atoms with E-state index >= 15 is 0 Å². The zero-order valence-electron chi connectivity index (χ0n) is 15.3. The maximum Gasteiger partial charge on any atom is 0.250 e. The molecule has 1 aromatic heterocycles. The smallest absolute Gasteiger partial charge is 0.250 e. The van der Waals surface area contributed by atoms with Gasteiger partial charge in [0, 0.05) is 6.08 Å².